The summed E-state index contributed by atoms with van der Waals surface area (Å²) in [6.45, 7) is 5.03. The molecule has 2 unspecified atom stereocenters. The molecule has 2 aromatic rings. The Labute approximate surface area is 131 Å². The van der Waals surface area contributed by atoms with Gasteiger partial charge in [-0.15, -0.1) is 0 Å². The van der Waals surface area contributed by atoms with Gasteiger partial charge in [-0.1, -0.05) is 35.3 Å². The molecule has 22 heavy (non-hydrogen) atoms. The first-order valence-corrected chi connectivity index (χ1v) is 7.93. The molecule has 0 spiro atoms. The van der Waals surface area contributed by atoms with Crippen LogP contribution in [-0.2, 0) is 6.54 Å². The summed E-state index contributed by atoms with van der Waals surface area (Å²) in [5, 5.41) is 13.7. The highest BCUT2D eigenvalue weighted by atomic mass is 16.5. The second-order valence-corrected chi connectivity index (χ2v) is 6.17. The summed E-state index contributed by atoms with van der Waals surface area (Å²) in [6, 6.07) is 8.70. The van der Waals surface area contributed by atoms with Crippen LogP contribution in [0.3, 0.4) is 0 Å². The van der Waals surface area contributed by atoms with Gasteiger partial charge in [-0.2, -0.15) is 4.98 Å². The molecule has 1 fully saturated rings. The predicted molar refractivity (Wildman–Crippen MR) is 84.2 cm³/mol. The van der Waals surface area contributed by atoms with Crippen LogP contribution in [0.2, 0.25) is 0 Å². The summed E-state index contributed by atoms with van der Waals surface area (Å²) in [4.78, 5) is 6.79. The first-order chi connectivity index (χ1) is 10.7. The van der Waals surface area contributed by atoms with Gasteiger partial charge >= 0.3 is 0 Å². The average molecular weight is 301 g/mol. The van der Waals surface area contributed by atoms with E-state index < -0.39 is 0 Å². The van der Waals surface area contributed by atoms with Gasteiger partial charge in [-0.05, 0) is 32.8 Å². The first kappa shape index (κ1) is 15.2. The number of aromatic nitrogens is 2. The van der Waals surface area contributed by atoms with Crippen LogP contribution < -0.4 is 0 Å². The first-order valence-electron chi connectivity index (χ1n) is 7.93. The molecule has 0 bridgehead atoms. The predicted octanol–water partition coefficient (Wildman–Crippen LogP) is 2.78. The van der Waals surface area contributed by atoms with E-state index in [-0.39, 0.29) is 12.6 Å². The molecular weight excluding hydrogens is 278 g/mol. The molecule has 118 valence electrons. The minimum Gasteiger partial charge on any atom is -0.395 e. The third kappa shape index (κ3) is 3.20. The highest BCUT2D eigenvalue weighted by Gasteiger charge is 2.28. The third-order valence-electron chi connectivity index (χ3n) is 4.47. The molecule has 1 N–H and O–H groups in total. The molecule has 1 aromatic heterocycles. The zero-order valence-corrected chi connectivity index (χ0v) is 13.2. The summed E-state index contributed by atoms with van der Waals surface area (Å²) in [6.07, 6.45) is 3.34. The fraction of sp³-hybridized carbons (Fsp3) is 0.529. The van der Waals surface area contributed by atoms with Crippen molar-refractivity contribution in [3.05, 3.63) is 35.7 Å². The fourth-order valence-corrected chi connectivity index (χ4v) is 3.20. The number of aryl methyl sites for hydroxylation is 1. The Balaban J connectivity index is 1.76. The molecule has 1 aromatic carbocycles. The molecule has 0 amide bonds. The van der Waals surface area contributed by atoms with E-state index in [2.05, 4.69) is 28.0 Å². The number of hydrogen-bond donors (Lipinski definition) is 1. The topological polar surface area (TPSA) is 62.4 Å². The Morgan fingerprint density at radius 1 is 1.36 bits per heavy atom. The van der Waals surface area contributed by atoms with Crippen molar-refractivity contribution < 1.29 is 9.63 Å². The van der Waals surface area contributed by atoms with Crippen molar-refractivity contribution in [3.8, 4) is 11.4 Å². The van der Waals surface area contributed by atoms with E-state index >= 15 is 0 Å². The lowest BCUT2D eigenvalue weighted by Gasteiger charge is -2.38. The maximum absolute atomic E-state index is 9.56. The Kier molecular flexibility index (Phi) is 4.55. The van der Waals surface area contributed by atoms with Gasteiger partial charge in [0.05, 0.1) is 13.2 Å². The molecule has 1 aliphatic heterocycles. The standard InChI is InChI=1S/C17H23N3O2/c1-12-5-3-7-14(9-12)17-18-16(22-19-17)10-20-13(2)6-4-8-15(20)11-21/h3,5,7,9,13,15,21H,4,6,8,10-11H2,1-2H3. The van der Waals surface area contributed by atoms with Gasteiger partial charge in [0.2, 0.25) is 11.7 Å². The molecule has 0 aliphatic carbocycles. The van der Waals surface area contributed by atoms with Gasteiger partial charge in [-0.25, -0.2) is 0 Å². The number of aliphatic hydroxyl groups is 1. The quantitative estimate of drug-likeness (QED) is 0.941. The second kappa shape index (κ2) is 6.58. The number of likely N-dealkylation sites (tertiary alicyclic amines) is 1. The fourth-order valence-electron chi connectivity index (χ4n) is 3.20. The number of hydrogen-bond acceptors (Lipinski definition) is 5. The van der Waals surface area contributed by atoms with Crippen LogP contribution in [0.1, 0.15) is 37.6 Å². The van der Waals surface area contributed by atoms with Crippen molar-refractivity contribution >= 4 is 0 Å². The van der Waals surface area contributed by atoms with E-state index in [1.165, 1.54) is 12.0 Å². The van der Waals surface area contributed by atoms with E-state index in [4.69, 9.17) is 4.52 Å². The molecular formula is C17H23N3O2. The third-order valence-corrected chi connectivity index (χ3v) is 4.47. The van der Waals surface area contributed by atoms with Crippen molar-refractivity contribution in [3.63, 3.8) is 0 Å². The smallest absolute Gasteiger partial charge is 0.241 e. The number of piperidine rings is 1. The average Bonchev–Trinajstić information content (AvgIpc) is 2.98. The zero-order valence-electron chi connectivity index (χ0n) is 13.2. The monoisotopic (exact) mass is 301 g/mol. The second-order valence-electron chi connectivity index (χ2n) is 6.17. The maximum atomic E-state index is 9.56. The van der Waals surface area contributed by atoms with Crippen LogP contribution in [0, 0.1) is 6.92 Å². The van der Waals surface area contributed by atoms with Crippen molar-refractivity contribution in [2.24, 2.45) is 0 Å². The minimum absolute atomic E-state index is 0.184. The van der Waals surface area contributed by atoms with Crippen LogP contribution in [-0.4, -0.2) is 38.8 Å². The molecule has 2 heterocycles. The SMILES string of the molecule is Cc1cccc(-c2noc(CN3C(C)CCCC3CO)n2)c1. The summed E-state index contributed by atoms with van der Waals surface area (Å²) in [5.74, 6) is 1.24. The van der Waals surface area contributed by atoms with Crippen LogP contribution in [0.15, 0.2) is 28.8 Å². The molecule has 1 aliphatic rings. The van der Waals surface area contributed by atoms with Crippen LogP contribution in [0.5, 0.6) is 0 Å². The maximum Gasteiger partial charge on any atom is 0.241 e. The lowest BCUT2D eigenvalue weighted by molar-refractivity contribution is 0.0370. The summed E-state index contributed by atoms with van der Waals surface area (Å²) >= 11 is 0. The molecule has 5 heteroatoms. The molecule has 0 radical (unpaired) electrons. The van der Waals surface area contributed by atoms with Gasteiger partial charge in [0.15, 0.2) is 0 Å². The van der Waals surface area contributed by atoms with Crippen molar-refractivity contribution in [1.82, 2.24) is 15.0 Å². The van der Waals surface area contributed by atoms with Gasteiger partial charge in [0, 0.05) is 17.6 Å². The molecule has 1 saturated heterocycles. The number of nitrogens with zero attached hydrogens (tertiary/aromatic N) is 3. The molecule has 3 rings (SSSR count). The summed E-state index contributed by atoms with van der Waals surface area (Å²) in [5.41, 5.74) is 2.15. The molecule has 2 atom stereocenters. The Hall–Kier alpha value is -1.72. The van der Waals surface area contributed by atoms with E-state index in [9.17, 15) is 5.11 Å². The number of rotatable bonds is 4. The van der Waals surface area contributed by atoms with Crippen molar-refractivity contribution in [2.45, 2.75) is 51.7 Å². The Bertz CT molecular complexity index is 626. The summed E-state index contributed by atoms with van der Waals surface area (Å²) < 4.78 is 5.42. The van der Waals surface area contributed by atoms with Crippen LogP contribution in [0.25, 0.3) is 11.4 Å². The molecule has 5 nitrogen and oxygen atoms in total. The Morgan fingerprint density at radius 3 is 3.00 bits per heavy atom. The van der Waals surface area contributed by atoms with Gasteiger partial charge in [0.25, 0.3) is 0 Å². The van der Waals surface area contributed by atoms with Gasteiger partial charge in [-0.3, -0.25) is 4.90 Å². The normalized spacial score (nSPS) is 22.9. The highest BCUT2D eigenvalue weighted by molar-refractivity contribution is 5.55. The lowest BCUT2D eigenvalue weighted by Crippen LogP contribution is -2.46. The number of benzene rings is 1. The Morgan fingerprint density at radius 2 is 2.23 bits per heavy atom. The minimum atomic E-state index is 0.184. The highest BCUT2D eigenvalue weighted by Crippen LogP contribution is 2.25. The van der Waals surface area contributed by atoms with Gasteiger partial charge in [0.1, 0.15) is 0 Å². The largest absolute Gasteiger partial charge is 0.395 e. The zero-order chi connectivity index (χ0) is 15.5. The van der Waals surface area contributed by atoms with Crippen LogP contribution in [0.4, 0.5) is 0 Å². The summed E-state index contributed by atoms with van der Waals surface area (Å²) in [7, 11) is 0. The van der Waals surface area contributed by atoms with E-state index in [1.54, 1.807) is 0 Å². The lowest BCUT2D eigenvalue weighted by atomic mass is 9.97. The van der Waals surface area contributed by atoms with E-state index in [0.717, 1.165) is 18.4 Å². The van der Waals surface area contributed by atoms with Crippen molar-refractivity contribution in [1.29, 1.82) is 0 Å². The molecule has 0 saturated carbocycles. The van der Waals surface area contributed by atoms with Crippen LogP contribution >= 0.6 is 0 Å². The number of aliphatic hydroxyl groups excluding tert-OH is 1. The van der Waals surface area contributed by atoms with Crippen molar-refractivity contribution in [2.75, 3.05) is 6.61 Å². The van der Waals surface area contributed by atoms with Gasteiger partial charge < -0.3 is 9.63 Å². The van der Waals surface area contributed by atoms with E-state index in [0.29, 0.717) is 24.3 Å². The van der Waals surface area contributed by atoms with E-state index in [1.807, 2.05) is 25.1 Å².